The zero-order chi connectivity index (χ0) is 13.5. The van der Waals surface area contributed by atoms with Gasteiger partial charge in [-0.3, -0.25) is 4.98 Å². The smallest absolute Gasteiger partial charge is 0.122 e. The molecule has 18 heavy (non-hydrogen) atoms. The molecule has 0 saturated heterocycles. The van der Waals surface area contributed by atoms with E-state index in [0.29, 0.717) is 10.7 Å². The van der Waals surface area contributed by atoms with Crippen molar-refractivity contribution in [2.75, 3.05) is 38.6 Å². The highest BCUT2D eigenvalue weighted by Crippen LogP contribution is 2.13. The summed E-state index contributed by atoms with van der Waals surface area (Å²) in [7, 11) is 4.18. The zero-order valence-electron chi connectivity index (χ0n) is 11.4. The van der Waals surface area contributed by atoms with Gasteiger partial charge in [-0.25, -0.2) is 0 Å². The Morgan fingerprint density at radius 3 is 2.50 bits per heavy atom. The molecule has 0 radical (unpaired) electrons. The highest BCUT2D eigenvalue weighted by atomic mass is 32.1. The molecule has 1 aromatic heterocycles. The SMILES string of the molecule is CCN(CCCN(C)C)c1ccc(C(N)=S)nc1. The molecule has 0 saturated carbocycles. The van der Waals surface area contributed by atoms with Crippen molar-refractivity contribution in [3.63, 3.8) is 0 Å². The minimum Gasteiger partial charge on any atom is -0.388 e. The van der Waals surface area contributed by atoms with Crippen molar-refractivity contribution in [3.05, 3.63) is 24.0 Å². The summed E-state index contributed by atoms with van der Waals surface area (Å²) >= 11 is 4.89. The molecule has 100 valence electrons. The number of nitrogens with two attached hydrogens (primary N) is 1. The van der Waals surface area contributed by atoms with Crippen LogP contribution < -0.4 is 10.6 Å². The molecule has 0 unspecified atom stereocenters. The first kappa shape index (κ1) is 14.9. The van der Waals surface area contributed by atoms with Gasteiger partial charge < -0.3 is 15.5 Å². The van der Waals surface area contributed by atoms with E-state index in [-0.39, 0.29) is 0 Å². The van der Waals surface area contributed by atoms with E-state index in [4.69, 9.17) is 18.0 Å². The fourth-order valence-corrected chi connectivity index (χ4v) is 1.89. The van der Waals surface area contributed by atoms with Crippen LogP contribution in [0.15, 0.2) is 18.3 Å². The standard InChI is InChI=1S/C13H22N4S/c1-4-17(9-5-8-16(2)3)11-6-7-12(13(14)18)15-10-11/h6-7,10H,4-5,8-9H2,1-3H3,(H2,14,18). The minimum atomic E-state index is 0.345. The molecule has 2 N–H and O–H groups in total. The van der Waals surface area contributed by atoms with E-state index in [2.05, 4.69) is 35.8 Å². The highest BCUT2D eigenvalue weighted by molar-refractivity contribution is 7.80. The number of pyridine rings is 1. The molecule has 0 aromatic carbocycles. The summed E-state index contributed by atoms with van der Waals surface area (Å²) in [5.74, 6) is 0. The second-order valence-corrected chi connectivity index (χ2v) is 4.94. The average molecular weight is 266 g/mol. The molecule has 1 aromatic rings. The summed E-state index contributed by atoms with van der Waals surface area (Å²) in [4.78, 5) is 9.12. The third-order valence-corrected chi connectivity index (χ3v) is 2.99. The van der Waals surface area contributed by atoms with Gasteiger partial charge in [-0.05, 0) is 46.1 Å². The van der Waals surface area contributed by atoms with Gasteiger partial charge in [-0.1, -0.05) is 12.2 Å². The van der Waals surface area contributed by atoms with E-state index in [9.17, 15) is 0 Å². The maximum absolute atomic E-state index is 5.54. The maximum atomic E-state index is 5.54. The number of anilines is 1. The molecule has 0 fully saturated rings. The van der Waals surface area contributed by atoms with Crippen LogP contribution in [0.4, 0.5) is 5.69 Å². The average Bonchev–Trinajstić information content (AvgIpc) is 2.34. The Morgan fingerprint density at radius 2 is 2.06 bits per heavy atom. The summed E-state index contributed by atoms with van der Waals surface area (Å²) < 4.78 is 0. The van der Waals surface area contributed by atoms with E-state index in [1.165, 1.54) is 0 Å². The van der Waals surface area contributed by atoms with Crippen LogP contribution in [-0.4, -0.2) is 48.6 Å². The van der Waals surface area contributed by atoms with Crippen LogP contribution in [0.1, 0.15) is 19.0 Å². The summed E-state index contributed by atoms with van der Waals surface area (Å²) in [5, 5.41) is 0. The second-order valence-electron chi connectivity index (χ2n) is 4.50. The molecule has 1 heterocycles. The number of rotatable bonds is 7. The molecular formula is C13H22N4S. The predicted octanol–water partition coefficient (Wildman–Crippen LogP) is 1.49. The van der Waals surface area contributed by atoms with Gasteiger partial charge in [0.15, 0.2) is 0 Å². The van der Waals surface area contributed by atoms with Gasteiger partial charge >= 0.3 is 0 Å². The third kappa shape index (κ3) is 4.58. The van der Waals surface area contributed by atoms with Gasteiger partial charge in [-0.2, -0.15) is 0 Å². The Bertz CT molecular complexity index is 375. The zero-order valence-corrected chi connectivity index (χ0v) is 12.2. The van der Waals surface area contributed by atoms with Crippen LogP contribution in [0, 0.1) is 0 Å². The Kier molecular flexibility index (Phi) is 6.01. The topological polar surface area (TPSA) is 45.4 Å². The van der Waals surface area contributed by atoms with Gasteiger partial charge in [0.2, 0.25) is 0 Å². The molecule has 0 aliphatic rings. The first-order chi connectivity index (χ1) is 8.54. The van der Waals surface area contributed by atoms with E-state index in [0.717, 1.165) is 31.7 Å². The Labute approximate surface area is 115 Å². The minimum absolute atomic E-state index is 0.345. The third-order valence-electron chi connectivity index (χ3n) is 2.78. The molecule has 0 spiro atoms. The van der Waals surface area contributed by atoms with Gasteiger partial charge in [-0.15, -0.1) is 0 Å². The van der Waals surface area contributed by atoms with Crippen molar-refractivity contribution in [3.8, 4) is 0 Å². The van der Waals surface area contributed by atoms with Gasteiger partial charge in [0.05, 0.1) is 17.6 Å². The van der Waals surface area contributed by atoms with Gasteiger partial charge in [0, 0.05) is 13.1 Å². The largest absolute Gasteiger partial charge is 0.388 e. The van der Waals surface area contributed by atoms with Crippen molar-refractivity contribution in [1.82, 2.24) is 9.88 Å². The summed E-state index contributed by atoms with van der Waals surface area (Å²) in [5.41, 5.74) is 7.34. The second kappa shape index (κ2) is 7.28. The molecule has 0 atom stereocenters. The van der Waals surface area contributed by atoms with Crippen LogP contribution in [0.3, 0.4) is 0 Å². The number of hydrogen-bond donors (Lipinski definition) is 1. The Morgan fingerprint density at radius 1 is 1.33 bits per heavy atom. The molecule has 4 nitrogen and oxygen atoms in total. The molecule has 5 heteroatoms. The van der Waals surface area contributed by atoms with Crippen molar-refractivity contribution in [2.45, 2.75) is 13.3 Å². The molecule has 0 aliphatic carbocycles. The lowest BCUT2D eigenvalue weighted by Crippen LogP contribution is -2.27. The van der Waals surface area contributed by atoms with Crippen LogP contribution in [0.5, 0.6) is 0 Å². The van der Waals surface area contributed by atoms with E-state index in [1.54, 1.807) is 0 Å². The summed E-state index contributed by atoms with van der Waals surface area (Å²) in [6.07, 6.45) is 2.98. The highest BCUT2D eigenvalue weighted by Gasteiger charge is 2.05. The van der Waals surface area contributed by atoms with E-state index >= 15 is 0 Å². The number of hydrogen-bond acceptors (Lipinski definition) is 4. The predicted molar refractivity (Wildman–Crippen MR) is 81.2 cm³/mol. The first-order valence-corrected chi connectivity index (χ1v) is 6.61. The number of thiocarbonyl (C=S) groups is 1. The lowest BCUT2D eigenvalue weighted by molar-refractivity contribution is 0.400. The van der Waals surface area contributed by atoms with E-state index < -0.39 is 0 Å². The Hall–Kier alpha value is -1.20. The summed E-state index contributed by atoms with van der Waals surface area (Å²) in [6, 6.07) is 3.91. The molecule has 0 amide bonds. The lowest BCUT2D eigenvalue weighted by atomic mass is 10.3. The molecule has 1 rings (SSSR count). The van der Waals surface area contributed by atoms with Crippen molar-refractivity contribution in [1.29, 1.82) is 0 Å². The van der Waals surface area contributed by atoms with Crippen molar-refractivity contribution in [2.24, 2.45) is 5.73 Å². The first-order valence-electron chi connectivity index (χ1n) is 6.20. The number of aromatic nitrogens is 1. The Balaban J connectivity index is 2.61. The molecule has 0 bridgehead atoms. The van der Waals surface area contributed by atoms with Crippen molar-refractivity contribution >= 4 is 22.9 Å². The fourth-order valence-electron chi connectivity index (χ4n) is 1.77. The monoisotopic (exact) mass is 266 g/mol. The van der Waals surface area contributed by atoms with Crippen LogP contribution in [0.25, 0.3) is 0 Å². The summed E-state index contributed by atoms with van der Waals surface area (Å²) in [6.45, 7) is 5.25. The van der Waals surface area contributed by atoms with Crippen molar-refractivity contribution < 1.29 is 0 Å². The molecule has 0 aliphatic heterocycles. The lowest BCUT2D eigenvalue weighted by Gasteiger charge is -2.23. The van der Waals surface area contributed by atoms with Crippen LogP contribution >= 0.6 is 12.2 Å². The normalized spacial score (nSPS) is 10.7. The van der Waals surface area contributed by atoms with Gasteiger partial charge in [0.25, 0.3) is 0 Å². The van der Waals surface area contributed by atoms with Gasteiger partial charge in [0.1, 0.15) is 4.99 Å². The fraction of sp³-hybridized carbons (Fsp3) is 0.538. The number of nitrogens with zero attached hydrogens (tertiary/aromatic N) is 3. The quantitative estimate of drug-likeness (QED) is 0.758. The maximum Gasteiger partial charge on any atom is 0.122 e. The molecular weight excluding hydrogens is 244 g/mol. The van der Waals surface area contributed by atoms with E-state index in [1.807, 2.05) is 18.3 Å². The van der Waals surface area contributed by atoms with Crippen LogP contribution in [-0.2, 0) is 0 Å². The van der Waals surface area contributed by atoms with Crippen LogP contribution in [0.2, 0.25) is 0 Å².